The van der Waals surface area contributed by atoms with Gasteiger partial charge in [0, 0.05) is 0 Å². The fourth-order valence-electron chi connectivity index (χ4n) is 0.886. The summed E-state index contributed by atoms with van der Waals surface area (Å²) in [6.07, 6.45) is 3.07. The second-order valence-electron chi connectivity index (χ2n) is 2.54. The standard InChI is InChI=1S/C10H11N3/c1-9-5-3-4-6-10(9)13-12-8-7-11-2/h3-8H,2H2,1H3/p+1. The Morgan fingerprint density at radius 3 is 2.92 bits per heavy atom. The Morgan fingerprint density at radius 2 is 2.23 bits per heavy atom. The molecule has 0 unspecified atom stereocenters. The van der Waals surface area contributed by atoms with Crippen LogP contribution in [0.2, 0.25) is 0 Å². The molecule has 0 atom stereocenters. The summed E-state index contributed by atoms with van der Waals surface area (Å²) in [5.41, 5.74) is 5.05. The van der Waals surface area contributed by atoms with Gasteiger partial charge in [-0.15, -0.1) is 4.67 Å². The molecule has 1 rings (SSSR count). The number of hydrogen-bond donors (Lipinski definition) is 1. The highest BCUT2D eigenvalue weighted by molar-refractivity contribution is 6.15. The Labute approximate surface area is 77.5 Å². The smallest absolute Gasteiger partial charge is 0.278 e. The Bertz CT molecular complexity index is 349. The van der Waals surface area contributed by atoms with E-state index in [1.807, 2.05) is 31.2 Å². The summed E-state index contributed by atoms with van der Waals surface area (Å²) in [6, 6.07) is 7.93. The predicted octanol–water partition coefficient (Wildman–Crippen LogP) is 1.23. The Kier molecular flexibility index (Phi) is 3.48. The van der Waals surface area contributed by atoms with Gasteiger partial charge >= 0.3 is 6.21 Å². The van der Waals surface area contributed by atoms with Gasteiger partial charge in [-0.25, -0.2) is 0 Å². The largest absolute Gasteiger partial charge is 0.311 e. The third-order valence-corrected chi connectivity index (χ3v) is 1.58. The lowest BCUT2D eigenvalue weighted by Crippen LogP contribution is -1.92. The first-order valence-corrected chi connectivity index (χ1v) is 3.97. The van der Waals surface area contributed by atoms with Crippen LogP contribution >= 0.6 is 0 Å². The highest BCUT2D eigenvalue weighted by Crippen LogP contribution is 2.12. The molecule has 0 saturated carbocycles. The van der Waals surface area contributed by atoms with Gasteiger partial charge in [-0.05, 0) is 18.6 Å². The Balaban J connectivity index is 2.64. The van der Waals surface area contributed by atoms with Crippen molar-refractivity contribution in [2.24, 2.45) is 5.10 Å². The lowest BCUT2D eigenvalue weighted by molar-refractivity contribution is 1.32. The molecular weight excluding hydrogens is 162 g/mol. The normalized spacial score (nSPS) is 9.62. The van der Waals surface area contributed by atoms with Crippen molar-refractivity contribution < 1.29 is 0 Å². The molecule has 3 heteroatoms. The van der Waals surface area contributed by atoms with E-state index in [1.54, 1.807) is 6.21 Å². The molecule has 3 nitrogen and oxygen atoms in total. The number of nitrogens with zero attached hydrogens (tertiary/aromatic N) is 2. The summed E-state index contributed by atoms with van der Waals surface area (Å²) < 4.78 is 3.52. The average molecular weight is 174 g/mol. The summed E-state index contributed by atoms with van der Waals surface area (Å²) in [5.74, 6) is 0. The summed E-state index contributed by atoms with van der Waals surface area (Å²) >= 11 is 0. The molecule has 66 valence electrons. The van der Waals surface area contributed by atoms with E-state index in [1.165, 1.54) is 6.21 Å². The fourth-order valence-corrected chi connectivity index (χ4v) is 0.886. The van der Waals surface area contributed by atoms with Crippen molar-refractivity contribution in [1.29, 1.82) is 0 Å². The molecule has 0 fully saturated rings. The van der Waals surface area contributed by atoms with Crippen LogP contribution in [0, 0.1) is 6.92 Å². The van der Waals surface area contributed by atoms with Crippen molar-refractivity contribution >= 4 is 24.8 Å². The molecule has 13 heavy (non-hydrogen) atoms. The van der Waals surface area contributed by atoms with Gasteiger partial charge in [-0.2, -0.15) is 5.10 Å². The molecule has 0 saturated heterocycles. The van der Waals surface area contributed by atoms with Crippen molar-refractivity contribution in [2.45, 2.75) is 6.92 Å². The molecule has 0 heterocycles. The molecule has 0 bridgehead atoms. The molecular formula is C10H12N3+. The number of benzene rings is 1. The molecule has 0 aliphatic heterocycles. The van der Waals surface area contributed by atoms with Gasteiger partial charge in [0.05, 0.1) is 5.69 Å². The van der Waals surface area contributed by atoms with Crippen LogP contribution in [-0.4, -0.2) is 19.1 Å². The van der Waals surface area contributed by atoms with Gasteiger partial charge in [0.1, 0.15) is 6.21 Å². The van der Waals surface area contributed by atoms with Crippen LogP contribution in [0.25, 0.3) is 0 Å². The number of aryl methyl sites for hydroxylation is 1. The zero-order valence-corrected chi connectivity index (χ0v) is 7.57. The lowest BCUT2D eigenvalue weighted by Gasteiger charge is -2.01. The van der Waals surface area contributed by atoms with E-state index in [0.29, 0.717) is 0 Å². The molecule has 0 aliphatic rings. The topological polar surface area (TPSA) is 38.5 Å². The van der Waals surface area contributed by atoms with Crippen molar-refractivity contribution in [1.82, 2.24) is 4.67 Å². The highest BCUT2D eigenvalue weighted by atomic mass is 15.3. The SMILES string of the molecule is C=[N+]=C/C=N\Nc1ccccc1C. The Morgan fingerprint density at radius 1 is 1.46 bits per heavy atom. The van der Waals surface area contributed by atoms with Crippen LogP contribution in [-0.2, 0) is 0 Å². The van der Waals surface area contributed by atoms with Gasteiger partial charge in [-0.1, -0.05) is 18.2 Å². The van der Waals surface area contributed by atoms with Crippen LogP contribution in [0.3, 0.4) is 0 Å². The molecule has 1 N–H and O–H groups in total. The Hall–Kier alpha value is -1.86. The molecule has 0 aliphatic carbocycles. The second-order valence-corrected chi connectivity index (χ2v) is 2.54. The molecule has 0 spiro atoms. The van der Waals surface area contributed by atoms with Crippen molar-refractivity contribution in [3.63, 3.8) is 0 Å². The summed E-state index contributed by atoms with van der Waals surface area (Å²) in [7, 11) is 0. The summed E-state index contributed by atoms with van der Waals surface area (Å²) in [5, 5.41) is 3.93. The number of hydrazone groups is 1. The van der Waals surface area contributed by atoms with E-state index in [9.17, 15) is 0 Å². The number of rotatable bonds is 3. The minimum atomic E-state index is 0.996. The zero-order valence-electron chi connectivity index (χ0n) is 7.57. The molecule has 0 amide bonds. The number of hydrogen-bond acceptors (Lipinski definition) is 2. The number of nitrogens with one attached hydrogen (secondary N) is 1. The summed E-state index contributed by atoms with van der Waals surface area (Å²) in [4.78, 5) is 0. The maximum atomic E-state index is 3.93. The van der Waals surface area contributed by atoms with E-state index >= 15 is 0 Å². The molecule has 1 aromatic carbocycles. The first-order valence-electron chi connectivity index (χ1n) is 3.97. The van der Waals surface area contributed by atoms with Gasteiger partial charge in [0.2, 0.25) is 0 Å². The zero-order chi connectivity index (χ0) is 9.52. The van der Waals surface area contributed by atoms with Crippen LogP contribution in [0.5, 0.6) is 0 Å². The lowest BCUT2D eigenvalue weighted by atomic mass is 10.2. The van der Waals surface area contributed by atoms with Gasteiger partial charge in [-0.3, -0.25) is 5.43 Å². The molecule has 1 aromatic rings. The van der Waals surface area contributed by atoms with Crippen LogP contribution in [0.15, 0.2) is 29.4 Å². The van der Waals surface area contributed by atoms with E-state index < -0.39 is 0 Å². The van der Waals surface area contributed by atoms with Crippen molar-refractivity contribution in [3.8, 4) is 0 Å². The van der Waals surface area contributed by atoms with E-state index in [-0.39, 0.29) is 0 Å². The van der Waals surface area contributed by atoms with Gasteiger partial charge < -0.3 is 0 Å². The van der Waals surface area contributed by atoms with Crippen LogP contribution < -0.4 is 10.1 Å². The minimum absolute atomic E-state index is 0.996. The second kappa shape index (κ2) is 4.91. The quantitative estimate of drug-likeness (QED) is 0.418. The highest BCUT2D eigenvalue weighted by Gasteiger charge is 1.91. The predicted molar refractivity (Wildman–Crippen MR) is 58.6 cm³/mol. The van der Waals surface area contributed by atoms with E-state index in [0.717, 1.165) is 11.3 Å². The van der Waals surface area contributed by atoms with Gasteiger partial charge in [0.25, 0.3) is 6.72 Å². The third-order valence-electron chi connectivity index (χ3n) is 1.58. The van der Waals surface area contributed by atoms with Crippen LogP contribution in [0.4, 0.5) is 5.69 Å². The molecule has 0 aromatic heterocycles. The maximum absolute atomic E-state index is 3.93. The third kappa shape index (κ3) is 2.93. The van der Waals surface area contributed by atoms with Gasteiger partial charge in [0.15, 0.2) is 0 Å². The van der Waals surface area contributed by atoms with E-state index in [4.69, 9.17) is 0 Å². The first kappa shape index (κ1) is 9.23. The summed E-state index contributed by atoms with van der Waals surface area (Å²) in [6.45, 7) is 5.32. The van der Waals surface area contributed by atoms with Crippen LogP contribution in [0.1, 0.15) is 5.56 Å². The number of anilines is 1. The van der Waals surface area contributed by atoms with Crippen molar-refractivity contribution in [2.75, 3.05) is 5.43 Å². The molecule has 0 radical (unpaired) electrons. The maximum Gasteiger partial charge on any atom is 0.311 e. The number of para-hydroxylation sites is 1. The minimum Gasteiger partial charge on any atom is -0.278 e. The fraction of sp³-hybridized carbons (Fsp3) is 0.100. The first-order chi connectivity index (χ1) is 6.34. The van der Waals surface area contributed by atoms with Crippen molar-refractivity contribution in [3.05, 3.63) is 29.8 Å². The van der Waals surface area contributed by atoms with E-state index in [2.05, 4.69) is 21.9 Å². The monoisotopic (exact) mass is 174 g/mol. The average Bonchev–Trinajstić information content (AvgIpc) is 2.15.